The number of esters is 1. The number of amides is 1. The molecule has 0 bridgehead atoms. The first-order valence-electron chi connectivity index (χ1n) is 10.3. The number of carbonyl (C=O) groups excluding carboxylic acids is 2. The molecule has 174 valence electrons. The van der Waals surface area contributed by atoms with Crippen LogP contribution in [-0.2, 0) is 9.53 Å². The third kappa shape index (κ3) is 5.02. The Morgan fingerprint density at radius 3 is 2.65 bits per heavy atom. The third-order valence-electron chi connectivity index (χ3n) is 4.86. The summed E-state index contributed by atoms with van der Waals surface area (Å²) in [7, 11) is 0. The zero-order chi connectivity index (χ0) is 24.2. The van der Waals surface area contributed by atoms with Gasteiger partial charge in [-0.15, -0.1) is 11.3 Å². The van der Waals surface area contributed by atoms with Crippen molar-refractivity contribution in [3.05, 3.63) is 81.2 Å². The molecule has 0 saturated carbocycles. The molecule has 0 aliphatic heterocycles. The van der Waals surface area contributed by atoms with Crippen LogP contribution in [0.3, 0.4) is 0 Å². The molecule has 0 aliphatic rings. The number of thioether (sulfide) groups is 1. The van der Waals surface area contributed by atoms with Crippen LogP contribution in [0.1, 0.15) is 22.8 Å². The third-order valence-corrected chi connectivity index (χ3v) is 6.69. The maximum absolute atomic E-state index is 13.8. The summed E-state index contributed by atoms with van der Waals surface area (Å²) < 4.78 is 20.6. The minimum Gasteiger partial charge on any atom is -0.462 e. The lowest BCUT2D eigenvalue weighted by Crippen LogP contribution is -2.22. The van der Waals surface area contributed by atoms with E-state index in [1.807, 2.05) is 0 Å². The quantitative estimate of drug-likeness (QED) is 0.224. The molecule has 10 heteroatoms. The van der Waals surface area contributed by atoms with Gasteiger partial charge >= 0.3 is 5.97 Å². The molecular weight excluding hydrogens is 477 g/mol. The number of thiophene rings is 1. The second-order valence-electron chi connectivity index (χ2n) is 7.24. The van der Waals surface area contributed by atoms with Gasteiger partial charge in [-0.05, 0) is 73.3 Å². The molecule has 7 nitrogen and oxygen atoms in total. The van der Waals surface area contributed by atoms with Crippen molar-refractivity contribution in [2.75, 3.05) is 17.7 Å². The van der Waals surface area contributed by atoms with E-state index >= 15 is 0 Å². The fourth-order valence-electron chi connectivity index (χ4n) is 3.22. The van der Waals surface area contributed by atoms with Crippen LogP contribution in [-0.4, -0.2) is 33.8 Å². The lowest BCUT2D eigenvalue weighted by Gasteiger charge is -2.13. The van der Waals surface area contributed by atoms with Crippen LogP contribution in [0.4, 0.5) is 10.1 Å². The fraction of sp³-hybridized carbons (Fsp3) is 0.167. The normalized spacial score (nSPS) is 10.9. The number of hydrogen-bond acceptors (Lipinski definition) is 7. The smallest absolute Gasteiger partial charge is 0.338 e. The van der Waals surface area contributed by atoms with Crippen LogP contribution in [0, 0.1) is 12.7 Å². The average molecular weight is 498 g/mol. The minimum atomic E-state index is -0.431. The molecule has 2 aromatic carbocycles. The van der Waals surface area contributed by atoms with Gasteiger partial charge in [0.2, 0.25) is 5.91 Å². The standard InChI is InChI=1S/C24H20FN3O4S2/c1-3-32-23(31)15-4-6-16(7-5-15)26-20(29)13-34-24-27-19-10-11-33-21(19)22(30)28(24)17-8-9-18(25)14(2)12-17/h4-12H,3,13H2,1-2H3,(H,26,29). The Bertz CT molecular complexity index is 1430. The first-order chi connectivity index (χ1) is 16.4. The summed E-state index contributed by atoms with van der Waals surface area (Å²) in [6.07, 6.45) is 0. The van der Waals surface area contributed by atoms with E-state index in [-0.39, 0.29) is 29.6 Å². The number of carbonyl (C=O) groups is 2. The number of rotatable bonds is 7. The van der Waals surface area contributed by atoms with Crippen molar-refractivity contribution in [3.63, 3.8) is 0 Å². The summed E-state index contributed by atoms with van der Waals surface area (Å²) in [6, 6.07) is 12.5. The summed E-state index contributed by atoms with van der Waals surface area (Å²) in [6.45, 7) is 3.63. The van der Waals surface area contributed by atoms with Gasteiger partial charge < -0.3 is 10.1 Å². The first-order valence-corrected chi connectivity index (χ1v) is 12.2. The molecule has 4 rings (SSSR count). The van der Waals surface area contributed by atoms with Crippen molar-refractivity contribution in [1.82, 2.24) is 9.55 Å². The van der Waals surface area contributed by atoms with Gasteiger partial charge in [-0.25, -0.2) is 14.2 Å². The second kappa shape index (κ2) is 10.2. The molecule has 1 amide bonds. The lowest BCUT2D eigenvalue weighted by molar-refractivity contribution is -0.113. The van der Waals surface area contributed by atoms with Gasteiger partial charge in [0.25, 0.3) is 5.56 Å². The largest absolute Gasteiger partial charge is 0.462 e. The number of fused-ring (bicyclic) bond motifs is 1. The van der Waals surface area contributed by atoms with Crippen molar-refractivity contribution in [1.29, 1.82) is 0 Å². The summed E-state index contributed by atoms with van der Waals surface area (Å²) in [5.41, 5.74) is 2.05. The highest BCUT2D eigenvalue weighted by Gasteiger charge is 2.17. The number of ether oxygens (including phenoxy) is 1. The predicted molar refractivity (Wildman–Crippen MR) is 132 cm³/mol. The Balaban J connectivity index is 1.55. The van der Waals surface area contributed by atoms with Crippen LogP contribution in [0.15, 0.2) is 63.9 Å². The van der Waals surface area contributed by atoms with E-state index in [9.17, 15) is 18.8 Å². The molecule has 0 fully saturated rings. The SMILES string of the molecule is CCOC(=O)c1ccc(NC(=O)CSc2nc3ccsc3c(=O)n2-c2ccc(F)c(C)c2)cc1. The van der Waals surface area contributed by atoms with Crippen molar-refractivity contribution in [3.8, 4) is 5.69 Å². The van der Waals surface area contributed by atoms with Gasteiger partial charge in [0.05, 0.1) is 29.1 Å². The molecule has 0 saturated heterocycles. The number of halogens is 1. The van der Waals surface area contributed by atoms with Gasteiger partial charge in [-0.2, -0.15) is 0 Å². The maximum Gasteiger partial charge on any atom is 0.338 e. The molecule has 1 N–H and O–H groups in total. The van der Waals surface area contributed by atoms with Gasteiger partial charge in [0.15, 0.2) is 5.16 Å². The zero-order valence-electron chi connectivity index (χ0n) is 18.3. The van der Waals surface area contributed by atoms with Crippen molar-refractivity contribution in [2.45, 2.75) is 19.0 Å². The molecule has 4 aromatic rings. The lowest BCUT2D eigenvalue weighted by atomic mass is 10.2. The van der Waals surface area contributed by atoms with Gasteiger partial charge in [0, 0.05) is 5.69 Å². The molecule has 34 heavy (non-hydrogen) atoms. The zero-order valence-corrected chi connectivity index (χ0v) is 20.0. The topological polar surface area (TPSA) is 90.3 Å². The Hall–Kier alpha value is -3.50. The number of benzene rings is 2. The van der Waals surface area contributed by atoms with Gasteiger partial charge in [-0.3, -0.25) is 14.2 Å². The molecule has 0 radical (unpaired) electrons. The highest BCUT2D eigenvalue weighted by molar-refractivity contribution is 7.99. The second-order valence-corrected chi connectivity index (χ2v) is 9.10. The van der Waals surface area contributed by atoms with Crippen molar-refractivity contribution < 1.29 is 18.7 Å². The molecule has 0 unspecified atom stereocenters. The van der Waals surface area contributed by atoms with Crippen LogP contribution < -0.4 is 10.9 Å². The highest BCUT2D eigenvalue weighted by Crippen LogP contribution is 2.25. The molecule has 0 aliphatic carbocycles. The molecule has 0 atom stereocenters. The monoisotopic (exact) mass is 497 g/mol. The van der Waals surface area contributed by atoms with Gasteiger partial charge in [-0.1, -0.05) is 11.8 Å². The van der Waals surface area contributed by atoms with E-state index in [4.69, 9.17) is 4.74 Å². The fourth-order valence-corrected chi connectivity index (χ4v) is 4.79. The number of nitrogens with zero attached hydrogens (tertiary/aromatic N) is 2. The summed E-state index contributed by atoms with van der Waals surface area (Å²) >= 11 is 2.38. The Kier molecular flexibility index (Phi) is 7.09. The summed E-state index contributed by atoms with van der Waals surface area (Å²) in [5.74, 6) is -1.12. The minimum absolute atomic E-state index is 0.0120. The van der Waals surface area contributed by atoms with Gasteiger partial charge in [0.1, 0.15) is 10.5 Å². The summed E-state index contributed by atoms with van der Waals surface area (Å²) in [5, 5.41) is 4.86. The van der Waals surface area contributed by atoms with Crippen LogP contribution in [0.2, 0.25) is 0 Å². The molecule has 2 heterocycles. The van der Waals surface area contributed by atoms with Crippen LogP contribution >= 0.6 is 23.1 Å². The molecule has 0 spiro atoms. The number of anilines is 1. The van der Waals surface area contributed by atoms with Crippen molar-refractivity contribution in [2.24, 2.45) is 0 Å². The van der Waals surface area contributed by atoms with Crippen LogP contribution in [0.5, 0.6) is 0 Å². The predicted octanol–water partition coefficient (Wildman–Crippen LogP) is 4.80. The number of aryl methyl sites for hydroxylation is 1. The summed E-state index contributed by atoms with van der Waals surface area (Å²) in [4.78, 5) is 42.1. The highest BCUT2D eigenvalue weighted by atomic mass is 32.2. The van der Waals surface area contributed by atoms with E-state index < -0.39 is 5.97 Å². The number of nitrogens with one attached hydrogen (secondary N) is 1. The van der Waals surface area contributed by atoms with E-state index in [0.29, 0.717) is 37.9 Å². The molecular formula is C24H20FN3O4S2. The maximum atomic E-state index is 13.8. The van der Waals surface area contributed by atoms with Crippen molar-refractivity contribution >= 4 is 50.9 Å². The Morgan fingerprint density at radius 1 is 1.18 bits per heavy atom. The Morgan fingerprint density at radius 2 is 1.94 bits per heavy atom. The van der Waals surface area contributed by atoms with E-state index in [1.54, 1.807) is 55.6 Å². The van der Waals surface area contributed by atoms with Crippen LogP contribution in [0.25, 0.3) is 15.9 Å². The average Bonchev–Trinajstić information content (AvgIpc) is 3.29. The number of aromatic nitrogens is 2. The molecule has 2 aromatic heterocycles. The van der Waals surface area contributed by atoms with E-state index in [1.165, 1.54) is 28.0 Å². The first kappa shape index (κ1) is 23.7. The Labute approximate surface area is 202 Å². The number of hydrogen-bond donors (Lipinski definition) is 1. The van der Waals surface area contributed by atoms with E-state index in [2.05, 4.69) is 10.3 Å². The van der Waals surface area contributed by atoms with E-state index in [0.717, 1.165) is 11.8 Å².